The van der Waals surface area contributed by atoms with E-state index in [0.29, 0.717) is 12.5 Å². The van der Waals surface area contributed by atoms with Crippen LogP contribution in [0.15, 0.2) is 46.9 Å². The minimum absolute atomic E-state index is 0.427. The molecule has 0 aliphatic carbocycles. The van der Waals surface area contributed by atoms with Gasteiger partial charge >= 0.3 is 0 Å². The average Bonchev–Trinajstić information content (AvgIpc) is 2.50. The van der Waals surface area contributed by atoms with Gasteiger partial charge in [0.1, 0.15) is 5.75 Å². The zero-order valence-corrected chi connectivity index (χ0v) is 14.2. The van der Waals surface area contributed by atoms with Crippen molar-refractivity contribution in [2.24, 2.45) is 11.7 Å². The highest BCUT2D eigenvalue weighted by Gasteiger charge is 2.12. The monoisotopic (exact) mass is 347 g/mol. The third-order valence-electron chi connectivity index (χ3n) is 3.74. The van der Waals surface area contributed by atoms with E-state index >= 15 is 0 Å². The molecule has 0 spiro atoms. The summed E-state index contributed by atoms with van der Waals surface area (Å²) in [6, 6.07) is 14.8. The number of ether oxygens (including phenoxy) is 1. The zero-order chi connectivity index (χ0) is 15.2. The molecule has 3 heteroatoms. The van der Waals surface area contributed by atoms with Gasteiger partial charge in [-0.05, 0) is 61.6 Å². The SMILES string of the molecule is COc1ccc(Br)c(CC(CN)Cc2ccc(C)cc2)c1. The Morgan fingerprint density at radius 2 is 1.81 bits per heavy atom. The summed E-state index contributed by atoms with van der Waals surface area (Å²) in [7, 11) is 1.69. The number of methoxy groups -OCH3 is 1. The van der Waals surface area contributed by atoms with Crippen molar-refractivity contribution >= 4 is 15.9 Å². The van der Waals surface area contributed by atoms with E-state index in [9.17, 15) is 0 Å². The van der Waals surface area contributed by atoms with Crippen molar-refractivity contribution in [1.82, 2.24) is 0 Å². The first-order valence-corrected chi connectivity index (χ1v) is 7.99. The van der Waals surface area contributed by atoms with Crippen LogP contribution in [0.25, 0.3) is 0 Å². The second kappa shape index (κ2) is 7.62. The number of rotatable bonds is 6. The maximum atomic E-state index is 5.97. The van der Waals surface area contributed by atoms with Crippen LogP contribution in [-0.4, -0.2) is 13.7 Å². The molecule has 0 saturated heterocycles. The quantitative estimate of drug-likeness (QED) is 0.852. The van der Waals surface area contributed by atoms with Crippen LogP contribution in [-0.2, 0) is 12.8 Å². The lowest BCUT2D eigenvalue weighted by Gasteiger charge is -2.17. The van der Waals surface area contributed by atoms with Gasteiger partial charge in [0.15, 0.2) is 0 Å². The van der Waals surface area contributed by atoms with Crippen LogP contribution in [0.1, 0.15) is 16.7 Å². The van der Waals surface area contributed by atoms with E-state index < -0.39 is 0 Å². The standard InChI is InChI=1S/C18H22BrNO/c1-13-3-5-14(6-4-13)9-15(12-20)10-16-11-17(21-2)7-8-18(16)19/h3-8,11,15H,9-10,12,20H2,1-2H3. The van der Waals surface area contributed by atoms with Crippen LogP contribution >= 0.6 is 15.9 Å². The van der Waals surface area contributed by atoms with Crippen LogP contribution in [0.5, 0.6) is 5.75 Å². The molecule has 0 saturated carbocycles. The molecule has 0 aliphatic heterocycles. The summed E-state index contributed by atoms with van der Waals surface area (Å²) < 4.78 is 6.42. The van der Waals surface area contributed by atoms with E-state index in [4.69, 9.17) is 10.5 Å². The van der Waals surface area contributed by atoms with E-state index in [1.54, 1.807) is 7.11 Å². The highest BCUT2D eigenvalue weighted by atomic mass is 79.9. The Labute approximate surface area is 135 Å². The molecule has 0 aromatic heterocycles. The van der Waals surface area contributed by atoms with Crippen molar-refractivity contribution in [2.75, 3.05) is 13.7 Å². The summed E-state index contributed by atoms with van der Waals surface area (Å²) in [4.78, 5) is 0. The van der Waals surface area contributed by atoms with Crippen molar-refractivity contribution in [3.05, 3.63) is 63.6 Å². The highest BCUT2D eigenvalue weighted by Crippen LogP contribution is 2.26. The molecule has 21 heavy (non-hydrogen) atoms. The average molecular weight is 348 g/mol. The molecule has 0 amide bonds. The van der Waals surface area contributed by atoms with Gasteiger partial charge in [-0.3, -0.25) is 0 Å². The first-order valence-electron chi connectivity index (χ1n) is 7.20. The lowest BCUT2D eigenvalue weighted by molar-refractivity contribution is 0.413. The van der Waals surface area contributed by atoms with Gasteiger partial charge in [0, 0.05) is 4.47 Å². The van der Waals surface area contributed by atoms with Crippen LogP contribution in [0.2, 0.25) is 0 Å². The first kappa shape index (κ1) is 16.1. The Bertz CT molecular complexity index is 580. The lowest BCUT2D eigenvalue weighted by Crippen LogP contribution is -2.19. The summed E-state index contributed by atoms with van der Waals surface area (Å²) >= 11 is 3.62. The van der Waals surface area contributed by atoms with Crippen molar-refractivity contribution in [1.29, 1.82) is 0 Å². The van der Waals surface area contributed by atoms with Gasteiger partial charge in [-0.25, -0.2) is 0 Å². The fraction of sp³-hybridized carbons (Fsp3) is 0.333. The summed E-state index contributed by atoms with van der Waals surface area (Å²) in [5.74, 6) is 1.32. The molecule has 1 unspecified atom stereocenters. The Morgan fingerprint density at radius 1 is 1.10 bits per heavy atom. The fourth-order valence-corrected chi connectivity index (χ4v) is 2.85. The predicted octanol–water partition coefficient (Wildman–Crippen LogP) is 4.13. The molecule has 2 N–H and O–H groups in total. The second-order valence-corrected chi connectivity index (χ2v) is 6.31. The number of halogens is 1. The summed E-state index contributed by atoms with van der Waals surface area (Å²) in [6.07, 6.45) is 1.95. The predicted molar refractivity (Wildman–Crippen MR) is 91.8 cm³/mol. The molecule has 0 aliphatic rings. The Morgan fingerprint density at radius 3 is 2.43 bits per heavy atom. The summed E-state index contributed by atoms with van der Waals surface area (Å²) in [6.45, 7) is 2.79. The van der Waals surface area contributed by atoms with Gasteiger partial charge in [0.25, 0.3) is 0 Å². The molecule has 0 heterocycles. The van der Waals surface area contributed by atoms with E-state index in [1.807, 2.05) is 12.1 Å². The lowest BCUT2D eigenvalue weighted by atomic mass is 9.92. The molecule has 0 fully saturated rings. The molecule has 2 aromatic rings. The first-order chi connectivity index (χ1) is 10.1. The van der Waals surface area contributed by atoms with E-state index in [2.05, 4.69) is 53.2 Å². The van der Waals surface area contributed by atoms with E-state index in [-0.39, 0.29) is 0 Å². The van der Waals surface area contributed by atoms with Crippen LogP contribution in [0, 0.1) is 12.8 Å². The van der Waals surface area contributed by atoms with Crippen LogP contribution in [0.4, 0.5) is 0 Å². The normalized spacial score (nSPS) is 12.2. The van der Waals surface area contributed by atoms with Gasteiger partial charge in [-0.15, -0.1) is 0 Å². The molecule has 0 radical (unpaired) electrons. The smallest absolute Gasteiger partial charge is 0.119 e. The van der Waals surface area contributed by atoms with Crippen LogP contribution < -0.4 is 10.5 Å². The summed E-state index contributed by atoms with van der Waals surface area (Å²) in [5.41, 5.74) is 9.85. The van der Waals surface area contributed by atoms with Gasteiger partial charge < -0.3 is 10.5 Å². The minimum atomic E-state index is 0.427. The van der Waals surface area contributed by atoms with E-state index in [1.165, 1.54) is 16.7 Å². The number of benzene rings is 2. The van der Waals surface area contributed by atoms with Gasteiger partial charge in [0.05, 0.1) is 7.11 Å². The molecular formula is C18H22BrNO. The van der Waals surface area contributed by atoms with Crippen molar-refractivity contribution in [3.63, 3.8) is 0 Å². The molecular weight excluding hydrogens is 326 g/mol. The minimum Gasteiger partial charge on any atom is -0.497 e. The third-order valence-corrected chi connectivity index (χ3v) is 4.51. The molecule has 0 bridgehead atoms. The molecule has 112 valence electrons. The Hall–Kier alpha value is -1.32. The van der Waals surface area contributed by atoms with Crippen molar-refractivity contribution in [3.8, 4) is 5.75 Å². The second-order valence-electron chi connectivity index (χ2n) is 5.45. The largest absolute Gasteiger partial charge is 0.497 e. The van der Waals surface area contributed by atoms with Crippen molar-refractivity contribution in [2.45, 2.75) is 19.8 Å². The number of aryl methyl sites for hydroxylation is 1. The Kier molecular flexibility index (Phi) is 5.83. The zero-order valence-electron chi connectivity index (χ0n) is 12.6. The molecule has 2 aromatic carbocycles. The molecule has 2 nitrogen and oxygen atoms in total. The van der Waals surface area contributed by atoms with Gasteiger partial charge in [0.2, 0.25) is 0 Å². The van der Waals surface area contributed by atoms with Gasteiger partial charge in [-0.1, -0.05) is 45.8 Å². The number of nitrogens with two attached hydrogens (primary N) is 1. The number of hydrogen-bond donors (Lipinski definition) is 1. The Balaban J connectivity index is 2.10. The van der Waals surface area contributed by atoms with Crippen LogP contribution in [0.3, 0.4) is 0 Å². The fourth-order valence-electron chi connectivity index (χ4n) is 2.44. The molecule has 2 rings (SSSR count). The maximum absolute atomic E-state index is 5.97. The highest BCUT2D eigenvalue weighted by molar-refractivity contribution is 9.10. The van der Waals surface area contributed by atoms with Crippen molar-refractivity contribution < 1.29 is 4.74 Å². The molecule has 1 atom stereocenters. The van der Waals surface area contributed by atoms with E-state index in [0.717, 1.165) is 23.1 Å². The maximum Gasteiger partial charge on any atom is 0.119 e. The van der Waals surface area contributed by atoms with Gasteiger partial charge in [-0.2, -0.15) is 0 Å². The third kappa shape index (κ3) is 4.58. The topological polar surface area (TPSA) is 35.2 Å². The summed E-state index contributed by atoms with van der Waals surface area (Å²) in [5, 5.41) is 0. The number of hydrogen-bond acceptors (Lipinski definition) is 2.